The van der Waals surface area contributed by atoms with Gasteiger partial charge in [-0.2, -0.15) is 0 Å². The minimum atomic E-state index is -0.175. The minimum Gasteiger partial charge on any atom is -0.212 e. The van der Waals surface area contributed by atoms with Crippen LogP contribution in [0.4, 0.5) is 4.39 Å². The van der Waals surface area contributed by atoms with Gasteiger partial charge < -0.3 is 0 Å². The molecule has 0 radical (unpaired) electrons. The van der Waals surface area contributed by atoms with Gasteiger partial charge in [0.05, 0.1) is 5.83 Å². The lowest BCUT2D eigenvalue weighted by Crippen LogP contribution is -1.66. The van der Waals surface area contributed by atoms with Gasteiger partial charge in [-0.3, -0.25) is 0 Å². The van der Waals surface area contributed by atoms with Crippen LogP contribution >= 0.6 is 0 Å². The van der Waals surface area contributed by atoms with Crippen LogP contribution in [-0.2, 0) is 0 Å². The summed E-state index contributed by atoms with van der Waals surface area (Å²) in [5, 5.41) is 0. The summed E-state index contributed by atoms with van der Waals surface area (Å²) < 4.78 is 12.1. The third-order valence-electron chi connectivity index (χ3n) is 0.807. The second-order valence-corrected chi connectivity index (χ2v) is 1.88. The molecular formula is C10H17F. The molecule has 0 aromatic carbocycles. The van der Waals surface area contributed by atoms with Crippen molar-refractivity contribution < 1.29 is 4.39 Å². The van der Waals surface area contributed by atoms with Crippen molar-refractivity contribution in [2.24, 2.45) is 0 Å². The van der Waals surface area contributed by atoms with Crippen molar-refractivity contribution in [1.82, 2.24) is 0 Å². The third kappa shape index (κ3) is 12.4. The van der Waals surface area contributed by atoms with E-state index >= 15 is 0 Å². The molecule has 0 nitrogen and oxygen atoms in total. The Kier molecular flexibility index (Phi) is 10.6. The molecule has 0 amide bonds. The molecule has 0 aliphatic heterocycles. The zero-order valence-corrected chi connectivity index (χ0v) is 7.82. The highest BCUT2D eigenvalue weighted by molar-refractivity contribution is 5.21. The number of rotatable bonds is 2. The van der Waals surface area contributed by atoms with Crippen LogP contribution < -0.4 is 0 Å². The van der Waals surface area contributed by atoms with E-state index in [4.69, 9.17) is 0 Å². The summed E-state index contributed by atoms with van der Waals surface area (Å²) in [6.45, 7) is 10.7. The van der Waals surface area contributed by atoms with Crippen LogP contribution in [0.2, 0.25) is 0 Å². The van der Waals surface area contributed by atoms with Crippen molar-refractivity contribution in [3.8, 4) is 0 Å². The van der Waals surface area contributed by atoms with E-state index in [1.165, 1.54) is 13.0 Å². The maximum atomic E-state index is 12.1. The molecule has 0 rings (SSSR count). The summed E-state index contributed by atoms with van der Waals surface area (Å²) in [5.41, 5.74) is 0.880. The number of hydrogen-bond donors (Lipinski definition) is 0. The molecule has 0 aliphatic rings. The third-order valence-corrected chi connectivity index (χ3v) is 0.807. The molecule has 0 aromatic heterocycles. The predicted octanol–water partition coefficient (Wildman–Crippen LogP) is 4.02. The van der Waals surface area contributed by atoms with E-state index in [-0.39, 0.29) is 5.83 Å². The first-order chi connectivity index (χ1) is 5.16. The van der Waals surface area contributed by atoms with E-state index in [9.17, 15) is 4.39 Å². The highest BCUT2D eigenvalue weighted by atomic mass is 19.1. The van der Waals surface area contributed by atoms with Gasteiger partial charge in [-0.1, -0.05) is 32.6 Å². The van der Waals surface area contributed by atoms with Gasteiger partial charge >= 0.3 is 0 Å². The van der Waals surface area contributed by atoms with Crippen LogP contribution in [0.15, 0.2) is 36.2 Å². The van der Waals surface area contributed by atoms with Gasteiger partial charge in [0.25, 0.3) is 0 Å². The molecule has 0 N–H and O–H groups in total. The molecule has 0 fully saturated rings. The number of hydrogen-bond acceptors (Lipinski definition) is 0. The number of allylic oxidation sites excluding steroid dienone is 5. The molecule has 0 saturated carbocycles. The number of halogens is 1. The standard InChI is InChI=1S/C8H11F.C2H6/c1-4-5-7(2)6-8(3)9;1-2/h4-6H,1H2,2-3H3;1-2H3/b7-5-,8-6+;. The fourth-order valence-electron chi connectivity index (χ4n) is 0.548. The van der Waals surface area contributed by atoms with E-state index in [2.05, 4.69) is 6.58 Å². The van der Waals surface area contributed by atoms with E-state index < -0.39 is 0 Å². The molecule has 0 unspecified atom stereocenters. The van der Waals surface area contributed by atoms with Gasteiger partial charge in [0, 0.05) is 0 Å². The Labute approximate surface area is 69.1 Å². The zero-order valence-electron chi connectivity index (χ0n) is 7.82. The lowest BCUT2D eigenvalue weighted by Gasteiger charge is -1.86. The van der Waals surface area contributed by atoms with Crippen LogP contribution in [0, 0.1) is 0 Å². The van der Waals surface area contributed by atoms with Crippen molar-refractivity contribution in [2.45, 2.75) is 27.7 Å². The summed E-state index contributed by atoms with van der Waals surface area (Å²) in [7, 11) is 0. The minimum absolute atomic E-state index is 0.175. The van der Waals surface area contributed by atoms with E-state index in [1.807, 2.05) is 20.8 Å². The van der Waals surface area contributed by atoms with Crippen molar-refractivity contribution in [3.63, 3.8) is 0 Å². The normalized spacial score (nSPS) is 11.7. The van der Waals surface area contributed by atoms with Crippen LogP contribution in [0.5, 0.6) is 0 Å². The van der Waals surface area contributed by atoms with Crippen LogP contribution in [0.1, 0.15) is 27.7 Å². The van der Waals surface area contributed by atoms with Crippen molar-refractivity contribution in [1.29, 1.82) is 0 Å². The molecule has 0 aliphatic carbocycles. The first kappa shape index (κ1) is 12.8. The lowest BCUT2D eigenvalue weighted by atomic mass is 10.2. The van der Waals surface area contributed by atoms with Gasteiger partial charge in [-0.05, 0) is 25.5 Å². The molecule has 0 spiro atoms. The van der Waals surface area contributed by atoms with Gasteiger partial charge in [-0.25, -0.2) is 4.39 Å². The monoisotopic (exact) mass is 156 g/mol. The Morgan fingerprint density at radius 3 is 2.00 bits per heavy atom. The van der Waals surface area contributed by atoms with E-state index in [0.717, 1.165) is 5.57 Å². The largest absolute Gasteiger partial charge is 0.212 e. The Balaban J connectivity index is 0. The van der Waals surface area contributed by atoms with Gasteiger partial charge in [-0.15, -0.1) is 0 Å². The maximum absolute atomic E-state index is 12.1. The van der Waals surface area contributed by atoms with Crippen LogP contribution in [0.25, 0.3) is 0 Å². The molecule has 0 atom stereocenters. The molecular weight excluding hydrogens is 139 g/mol. The Morgan fingerprint density at radius 2 is 1.73 bits per heavy atom. The average Bonchev–Trinajstić information content (AvgIpc) is 1.91. The second kappa shape index (κ2) is 9.15. The molecule has 0 saturated heterocycles. The molecule has 64 valence electrons. The highest BCUT2D eigenvalue weighted by Crippen LogP contribution is 2.01. The van der Waals surface area contributed by atoms with Crippen LogP contribution in [-0.4, -0.2) is 0 Å². The molecule has 1 heteroatoms. The summed E-state index contributed by atoms with van der Waals surface area (Å²) in [4.78, 5) is 0. The maximum Gasteiger partial charge on any atom is 0.0971 e. The van der Waals surface area contributed by atoms with Crippen LogP contribution in [0.3, 0.4) is 0 Å². The Bertz CT molecular complexity index is 148. The van der Waals surface area contributed by atoms with Gasteiger partial charge in [0.2, 0.25) is 0 Å². The Morgan fingerprint density at radius 1 is 1.27 bits per heavy atom. The predicted molar refractivity (Wildman–Crippen MR) is 50.2 cm³/mol. The first-order valence-corrected chi connectivity index (χ1v) is 3.80. The lowest BCUT2D eigenvalue weighted by molar-refractivity contribution is 0.639. The van der Waals surface area contributed by atoms with Crippen molar-refractivity contribution in [2.75, 3.05) is 0 Å². The van der Waals surface area contributed by atoms with E-state index in [1.54, 1.807) is 12.2 Å². The topological polar surface area (TPSA) is 0 Å². The average molecular weight is 156 g/mol. The zero-order chi connectivity index (χ0) is 9.28. The summed E-state index contributed by atoms with van der Waals surface area (Å²) in [6, 6.07) is 0. The fraction of sp³-hybridized carbons (Fsp3) is 0.400. The molecule has 0 heterocycles. The fourth-order valence-corrected chi connectivity index (χ4v) is 0.548. The summed E-state index contributed by atoms with van der Waals surface area (Å²) in [6.07, 6.45) is 4.85. The SMILES string of the molecule is C=C/C=C(C)\C=C(/C)F.CC. The molecule has 11 heavy (non-hydrogen) atoms. The Hall–Kier alpha value is -0.850. The highest BCUT2D eigenvalue weighted by Gasteiger charge is 1.81. The smallest absolute Gasteiger partial charge is 0.0971 e. The molecule has 0 bridgehead atoms. The second-order valence-electron chi connectivity index (χ2n) is 1.88. The van der Waals surface area contributed by atoms with Gasteiger partial charge in [0.15, 0.2) is 0 Å². The summed E-state index contributed by atoms with van der Waals surface area (Å²) >= 11 is 0. The first-order valence-electron chi connectivity index (χ1n) is 3.80. The molecule has 0 aromatic rings. The van der Waals surface area contributed by atoms with Gasteiger partial charge in [0.1, 0.15) is 0 Å². The quantitative estimate of drug-likeness (QED) is 0.530. The summed E-state index contributed by atoms with van der Waals surface area (Å²) in [5.74, 6) is -0.175. The van der Waals surface area contributed by atoms with Crippen molar-refractivity contribution >= 4 is 0 Å². The van der Waals surface area contributed by atoms with E-state index in [0.29, 0.717) is 0 Å². The van der Waals surface area contributed by atoms with Crippen molar-refractivity contribution in [3.05, 3.63) is 36.2 Å².